The van der Waals surface area contributed by atoms with Crippen LogP contribution in [0.1, 0.15) is 24.1 Å². The van der Waals surface area contributed by atoms with Crippen molar-refractivity contribution in [2.24, 2.45) is 0 Å². The van der Waals surface area contributed by atoms with Crippen molar-refractivity contribution in [1.82, 2.24) is 15.0 Å². The molecule has 5 nitrogen and oxygen atoms in total. The van der Waals surface area contributed by atoms with Crippen LogP contribution >= 0.6 is 23.4 Å². The third-order valence-corrected chi connectivity index (χ3v) is 5.31. The van der Waals surface area contributed by atoms with Crippen LogP contribution in [-0.2, 0) is 6.42 Å². The van der Waals surface area contributed by atoms with Gasteiger partial charge in [0.05, 0.1) is 7.11 Å². The van der Waals surface area contributed by atoms with E-state index < -0.39 is 0 Å². The predicted octanol–water partition coefficient (Wildman–Crippen LogP) is 5.43. The Bertz CT molecular complexity index is 905. The lowest BCUT2D eigenvalue weighted by atomic mass is 10.1. The first kappa shape index (κ1) is 20.4. The quantitative estimate of drug-likeness (QED) is 0.372. The fourth-order valence-electron chi connectivity index (χ4n) is 2.69. The van der Waals surface area contributed by atoms with Gasteiger partial charge in [-0.25, -0.2) is 9.97 Å². The summed E-state index contributed by atoms with van der Waals surface area (Å²) in [6.07, 6.45) is 4.89. The molecule has 28 heavy (non-hydrogen) atoms. The van der Waals surface area contributed by atoms with Gasteiger partial charge in [0.25, 0.3) is 0 Å². The van der Waals surface area contributed by atoms with Gasteiger partial charge in [-0.05, 0) is 62.1 Å². The van der Waals surface area contributed by atoms with Crippen molar-refractivity contribution in [3.63, 3.8) is 0 Å². The van der Waals surface area contributed by atoms with Gasteiger partial charge in [-0.2, -0.15) is 0 Å². The molecule has 1 aromatic carbocycles. The number of benzene rings is 1. The van der Waals surface area contributed by atoms with E-state index in [0.717, 1.165) is 41.5 Å². The molecule has 7 heteroatoms. The Kier molecular flexibility index (Phi) is 7.51. The zero-order valence-corrected chi connectivity index (χ0v) is 17.6. The van der Waals surface area contributed by atoms with E-state index in [1.807, 2.05) is 36.5 Å². The van der Waals surface area contributed by atoms with E-state index in [-0.39, 0.29) is 0 Å². The predicted molar refractivity (Wildman–Crippen MR) is 115 cm³/mol. The summed E-state index contributed by atoms with van der Waals surface area (Å²) in [6, 6.07) is 13.7. The third kappa shape index (κ3) is 6.11. The van der Waals surface area contributed by atoms with Crippen molar-refractivity contribution in [2.75, 3.05) is 19.0 Å². The van der Waals surface area contributed by atoms with E-state index in [9.17, 15) is 0 Å². The van der Waals surface area contributed by atoms with Crippen molar-refractivity contribution in [3.8, 4) is 5.75 Å². The summed E-state index contributed by atoms with van der Waals surface area (Å²) >= 11 is 7.71. The summed E-state index contributed by atoms with van der Waals surface area (Å²) in [6.45, 7) is 2.89. The molecule has 0 amide bonds. The van der Waals surface area contributed by atoms with E-state index in [1.54, 1.807) is 13.2 Å². The molecule has 0 unspecified atom stereocenters. The Morgan fingerprint density at radius 2 is 1.93 bits per heavy atom. The summed E-state index contributed by atoms with van der Waals surface area (Å²) in [5.74, 6) is 1.38. The summed E-state index contributed by atoms with van der Waals surface area (Å²) in [5, 5.41) is 4.50. The number of nitrogens with one attached hydrogen (secondary N) is 1. The second-order valence-electron chi connectivity index (χ2n) is 6.28. The number of hydrogen-bond acceptors (Lipinski definition) is 6. The minimum Gasteiger partial charge on any atom is -0.497 e. The number of unbranched alkanes of at least 4 members (excludes halogenated alkanes) is 1. The minimum atomic E-state index is 0.428. The smallest absolute Gasteiger partial charge is 0.225 e. The number of halogens is 1. The topological polar surface area (TPSA) is 59.9 Å². The monoisotopic (exact) mass is 414 g/mol. The van der Waals surface area contributed by atoms with Gasteiger partial charge in [0.1, 0.15) is 15.9 Å². The van der Waals surface area contributed by atoms with Gasteiger partial charge < -0.3 is 10.1 Å². The molecule has 0 fully saturated rings. The summed E-state index contributed by atoms with van der Waals surface area (Å²) in [5.41, 5.74) is 2.41. The van der Waals surface area contributed by atoms with Crippen LogP contribution in [0.4, 0.5) is 5.95 Å². The largest absolute Gasteiger partial charge is 0.497 e. The van der Waals surface area contributed by atoms with Crippen LogP contribution in [-0.4, -0.2) is 28.6 Å². The van der Waals surface area contributed by atoms with E-state index in [1.165, 1.54) is 23.0 Å². The molecule has 0 radical (unpaired) electrons. The number of nitrogens with zero attached hydrogens (tertiary/aromatic N) is 3. The molecule has 0 aliphatic carbocycles. The van der Waals surface area contributed by atoms with Gasteiger partial charge in [0.2, 0.25) is 5.95 Å². The Hall–Kier alpha value is -2.31. The van der Waals surface area contributed by atoms with Gasteiger partial charge in [0.15, 0.2) is 0 Å². The van der Waals surface area contributed by atoms with Crippen molar-refractivity contribution >= 4 is 29.3 Å². The highest BCUT2D eigenvalue weighted by Gasteiger charge is 2.06. The molecule has 2 heterocycles. The number of aromatic nitrogens is 3. The maximum absolute atomic E-state index is 6.17. The summed E-state index contributed by atoms with van der Waals surface area (Å²) < 4.78 is 5.19. The highest BCUT2D eigenvalue weighted by molar-refractivity contribution is 7.99. The van der Waals surface area contributed by atoms with E-state index in [0.29, 0.717) is 11.1 Å². The number of anilines is 1. The van der Waals surface area contributed by atoms with Crippen LogP contribution in [0.2, 0.25) is 5.15 Å². The zero-order valence-electron chi connectivity index (χ0n) is 16.0. The third-order valence-electron chi connectivity index (χ3n) is 4.19. The molecule has 0 spiro atoms. The molecule has 146 valence electrons. The zero-order chi connectivity index (χ0) is 19.8. The van der Waals surface area contributed by atoms with Gasteiger partial charge in [-0.1, -0.05) is 29.4 Å². The molecule has 0 atom stereocenters. The van der Waals surface area contributed by atoms with Crippen LogP contribution in [0, 0.1) is 6.92 Å². The van der Waals surface area contributed by atoms with Crippen LogP contribution in [0.3, 0.4) is 0 Å². The molecule has 2 aromatic heterocycles. The molecular weight excluding hydrogens is 392 g/mol. The molecule has 3 rings (SSSR count). The highest BCUT2D eigenvalue weighted by Crippen LogP contribution is 2.29. The maximum Gasteiger partial charge on any atom is 0.225 e. The van der Waals surface area contributed by atoms with Crippen molar-refractivity contribution in [3.05, 3.63) is 65.1 Å². The van der Waals surface area contributed by atoms with Gasteiger partial charge in [-0.15, -0.1) is 0 Å². The normalized spacial score (nSPS) is 10.7. The van der Waals surface area contributed by atoms with Gasteiger partial charge in [-0.3, -0.25) is 4.98 Å². The lowest BCUT2D eigenvalue weighted by molar-refractivity contribution is 0.414. The van der Waals surface area contributed by atoms with Crippen LogP contribution < -0.4 is 10.1 Å². The standard InChI is InChI=1S/C21H23ClN4OS/c1-15-6-5-13-23-18(15)7-3-4-12-24-21-25-19(22)14-20(26-21)28-17-10-8-16(27-2)9-11-17/h5-6,8-11,13-14H,3-4,7,12H2,1-2H3,(H,24,25,26). The first-order chi connectivity index (χ1) is 13.6. The first-order valence-electron chi connectivity index (χ1n) is 9.15. The maximum atomic E-state index is 6.17. The Labute approximate surface area is 174 Å². The SMILES string of the molecule is COc1ccc(Sc2cc(Cl)nc(NCCCCc3ncccc3C)n2)cc1. The number of hydrogen-bond donors (Lipinski definition) is 1. The molecule has 0 saturated heterocycles. The summed E-state index contributed by atoms with van der Waals surface area (Å²) in [4.78, 5) is 14.3. The summed E-state index contributed by atoms with van der Waals surface area (Å²) in [7, 11) is 1.65. The molecule has 0 bridgehead atoms. The van der Waals surface area contributed by atoms with Gasteiger partial charge in [0, 0.05) is 29.4 Å². The Morgan fingerprint density at radius 3 is 2.68 bits per heavy atom. The molecule has 0 aliphatic heterocycles. The highest BCUT2D eigenvalue weighted by atomic mass is 35.5. The minimum absolute atomic E-state index is 0.428. The molecule has 0 saturated carbocycles. The average Bonchev–Trinajstić information content (AvgIpc) is 2.69. The van der Waals surface area contributed by atoms with Crippen molar-refractivity contribution in [2.45, 2.75) is 36.1 Å². The number of aryl methyl sites for hydroxylation is 2. The molecule has 1 N–H and O–H groups in total. The fraction of sp³-hybridized carbons (Fsp3) is 0.286. The second kappa shape index (κ2) is 10.3. The fourth-order valence-corrected chi connectivity index (χ4v) is 3.76. The van der Waals surface area contributed by atoms with E-state index >= 15 is 0 Å². The Balaban J connectivity index is 1.50. The van der Waals surface area contributed by atoms with Crippen molar-refractivity contribution < 1.29 is 4.74 Å². The second-order valence-corrected chi connectivity index (χ2v) is 7.76. The first-order valence-corrected chi connectivity index (χ1v) is 10.3. The van der Waals surface area contributed by atoms with Gasteiger partial charge >= 0.3 is 0 Å². The molecular formula is C21H23ClN4OS. The number of rotatable bonds is 9. The Morgan fingerprint density at radius 1 is 1.11 bits per heavy atom. The number of pyridine rings is 1. The van der Waals surface area contributed by atoms with Crippen LogP contribution in [0.5, 0.6) is 5.75 Å². The lowest BCUT2D eigenvalue weighted by Crippen LogP contribution is -2.06. The lowest BCUT2D eigenvalue weighted by Gasteiger charge is -2.08. The number of ether oxygens (including phenoxy) is 1. The van der Waals surface area contributed by atoms with E-state index in [4.69, 9.17) is 16.3 Å². The van der Waals surface area contributed by atoms with Crippen LogP contribution in [0.25, 0.3) is 0 Å². The number of methoxy groups -OCH3 is 1. The van der Waals surface area contributed by atoms with E-state index in [2.05, 4.69) is 33.3 Å². The van der Waals surface area contributed by atoms with Crippen LogP contribution in [0.15, 0.2) is 58.6 Å². The molecule has 0 aliphatic rings. The molecule has 3 aromatic rings. The average molecular weight is 415 g/mol. The van der Waals surface area contributed by atoms with Crippen molar-refractivity contribution in [1.29, 1.82) is 0 Å².